The van der Waals surface area contributed by atoms with Crippen LogP contribution in [0.3, 0.4) is 0 Å². The van der Waals surface area contributed by atoms with Crippen LogP contribution in [0.4, 0.5) is 13.2 Å². The second kappa shape index (κ2) is 3.71. The molecule has 2 nitrogen and oxygen atoms in total. The lowest BCUT2D eigenvalue weighted by Crippen LogP contribution is -2.39. The lowest BCUT2D eigenvalue weighted by atomic mass is 9.79. The average Bonchev–Trinajstić information content (AvgIpc) is 2.07. The Morgan fingerprint density at radius 1 is 1.36 bits per heavy atom. The summed E-state index contributed by atoms with van der Waals surface area (Å²) in [6.07, 6.45) is -3.74. The van der Waals surface area contributed by atoms with E-state index in [-0.39, 0.29) is 6.42 Å². The first kappa shape index (κ1) is 11.2. The van der Waals surface area contributed by atoms with Crippen LogP contribution in [-0.2, 0) is 9.59 Å². The molecule has 1 aliphatic rings. The van der Waals surface area contributed by atoms with Crippen molar-refractivity contribution in [3.05, 3.63) is 0 Å². The van der Waals surface area contributed by atoms with Crippen LogP contribution in [0.5, 0.6) is 0 Å². The minimum Gasteiger partial charge on any atom is -0.299 e. The summed E-state index contributed by atoms with van der Waals surface area (Å²) in [6.45, 7) is 1.57. The second-order valence-corrected chi connectivity index (χ2v) is 3.65. The Morgan fingerprint density at radius 2 is 1.93 bits per heavy atom. The first-order valence-corrected chi connectivity index (χ1v) is 4.49. The van der Waals surface area contributed by atoms with E-state index in [0.717, 1.165) is 0 Å². The van der Waals surface area contributed by atoms with Crippen molar-refractivity contribution in [1.82, 2.24) is 0 Å². The van der Waals surface area contributed by atoms with E-state index in [4.69, 9.17) is 0 Å². The number of ketones is 2. The molecule has 0 bridgehead atoms. The van der Waals surface area contributed by atoms with Crippen LogP contribution in [0.2, 0.25) is 0 Å². The molecule has 0 aromatic rings. The van der Waals surface area contributed by atoms with Gasteiger partial charge in [0.15, 0.2) is 0 Å². The van der Waals surface area contributed by atoms with Gasteiger partial charge in [-0.3, -0.25) is 9.59 Å². The van der Waals surface area contributed by atoms with Gasteiger partial charge < -0.3 is 0 Å². The van der Waals surface area contributed by atoms with Gasteiger partial charge in [-0.25, -0.2) is 0 Å². The minimum absolute atomic E-state index is 0.0432. The van der Waals surface area contributed by atoms with Crippen molar-refractivity contribution in [2.75, 3.05) is 0 Å². The van der Waals surface area contributed by atoms with Crippen molar-refractivity contribution in [3.63, 3.8) is 0 Å². The van der Waals surface area contributed by atoms with E-state index in [9.17, 15) is 22.8 Å². The zero-order valence-corrected chi connectivity index (χ0v) is 7.73. The molecule has 0 aliphatic heterocycles. The van der Waals surface area contributed by atoms with Gasteiger partial charge in [0.25, 0.3) is 0 Å². The van der Waals surface area contributed by atoms with E-state index < -0.39 is 29.6 Å². The van der Waals surface area contributed by atoms with Gasteiger partial charge in [-0.15, -0.1) is 0 Å². The number of hydrogen-bond acceptors (Lipinski definition) is 2. The molecule has 0 spiro atoms. The maximum Gasteiger partial charge on any atom is 0.450 e. The Hall–Kier alpha value is -0.870. The summed E-state index contributed by atoms with van der Waals surface area (Å²) in [5.41, 5.74) is 0. The van der Waals surface area contributed by atoms with E-state index in [1.165, 1.54) is 0 Å². The number of carbonyl (C=O) groups is 2. The Morgan fingerprint density at radius 3 is 2.43 bits per heavy atom. The van der Waals surface area contributed by atoms with E-state index in [2.05, 4.69) is 0 Å². The molecule has 0 saturated heterocycles. The maximum absolute atomic E-state index is 12.0. The van der Waals surface area contributed by atoms with Gasteiger partial charge in [0.05, 0.1) is 5.92 Å². The standard InChI is InChI=1S/C9H11F3O2/c1-5-3-2-4-6(7(5)13)8(14)9(10,11)12/h5-6H,2-4H2,1H3. The number of carbonyl (C=O) groups excluding carboxylic acids is 2. The van der Waals surface area contributed by atoms with Gasteiger partial charge in [-0.05, 0) is 12.8 Å². The predicted octanol–water partition coefficient (Wildman–Crippen LogP) is 2.12. The molecule has 2 unspecified atom stereocenters. The molecule has 0 heterocycles. The molecule has 0 aromatic carbocycles. The number of hydrogen-bond donors (Lipinski definition) is 0. The maximum atomic E-state index is 12.0. The molecule has 1 aliphatic carbocycles. The predicted molar refractivity (Wildman–Crippen MR) is 42.6 cm³/mol. The average molecular weight is 208 g/mol. The van der Waals surface area contributed by atoms with Crippen LogP contribution in [-0.4, -0.2) is 17.7 Å². The summed E-state index contributed by atoms with van der Waals surface area (Å²) in [6, 6.07) is 0. The molecular weight excluding hydrogens is 197 g/mol. The van der Waals surface area contributed by atoms with E-state index in [1.54, 1.807) is 6.92 Å². The zero-order valence-electron chi connectivity index (χ0n) is 7.73. The fourth-order valence-corrected chi connectivity index (χ4v) is 1.71. The quantitative estimate of drug-likeness (QED) is 0.618. The Labute approximate surface area is 79.5 Å². The van der Waals surface area contributed by atoms with E-state index >= 15 is 0 Å². The first-order chi connectivity index (χ1) is 6.34. The molecule has 14 heavy (non-hydrogen) atoms. The second-order valence-electron chi connectivity index (χ2n) is 3.65. The minimum atomic E-state index is -4.88. The molecule has 80 valence electrons. The molecular formula is C9H11F3O2. The van der Waals surface area contributed by atoms with Crippen LogP contribution in [0.1, 0.15) is 26.2 Å². The highest BCUT2D eigenvalue weighted by atomic mass is 19.4. The van der Waals surface area contributed by atoms with Crippen molar-refractivity contribution in [1.29, 1.82) is 0 Å². The summed E-state index contributed by atoms with van der Waals surface area (Å²) >= 11 is 0. The fraction of sp³-hybridized carbons (Fsp3) is 0.778. The Kier molecular flexibility index (Phi) is 2.97. The highest BCUT2D eigenvalue weighted by molar-refractivity contribution is 6.05. The number of rotatable bonds is 1. The van der Waals surface area contributed by atoms with Gasteiger partial charge in [0, 0.05) is 5.92 Å². The topological polar surface area (TPSA) is 34.1 Å². The number of halogens is 3. The highest BCUT2D eigenvalue weighted by Gasteiger charge is 2.47. The zero-order chi connectivity index (χ0) is 10.9. The molecule has 0 aromatic heterocycles. The monoisotopic (exact) mass is 208 g/mol. The lowest BCUT2D eigenvalue weighted by molar-refractivity contribution is -0.178. The smallest absolute Gasteiger partial charge is 0.299 e. The normalized spacial score (nSPS) is 29.0. The molecule has 2 atom stereocenters. The van der Waals surface area contributed by atoms with Crippen molar-refractivity contribution in [2.45, 2.75) is 32.4 Å². The summed E-state index contributed by atoms with van der Waals surface area (Å²) < 4.78 is 36.1. The van der Waals surface area contributed by atoms with Crippen molar-refractivity contribution < 1.29 is 22.8 Å². The first-order valence-electron chi connectivity index (χ1n) is 4.49. The molecule has 0 amide bonds. The summed E-state index contributed by atoms with van der Waals surface area (Å²) in [5.74, 6) is -4.30. The van der Waals surface area contributed by atoms with Crippen molar-refractivity contribution >= 4 is 11.6 Å². The summed E-state index contributed by atoms with van der Waals surface area (Å²) in [4.78, 5) is 22.1. The Bertz CT molecular complexity index is 257. The summed E-state index contributed by atoms with van der Waals surface area (Å²) in [7, 11) is 0. The molecule has 0 radical (unpaired) electrons. The molecule has 5 heteroatoms. The van der Waals surface area contributed by atoms with Gasteiger partial charge in [-0.1, -0.05) is 13.3 Å². The van der Waals surface area contributed by atoms with Crippen LogP contribution in [0.15, 0.2) is 0 Å². The highest BCUT2D eigenvalue weighted by Crippen LogP contribution is 2.31. The van der Waals surface area contributed by atoms with Crippen molar-refractivity contribution in [2.24, 2.45) is 11.8 Å². The third-order valence-electron chi connectivity index (χ3n) is 2.55. The SMILES string of the molecule is CC1CCCC(C(=O)C(F)(F)F)C1=O. The largest absolute Gasteiger partial charge is 0.450 e. The lowest BCUT2D eigenvalue weighted by Gasteiger charge is -2.24. The van der Waals surface area contributed by atoms with E-state index in [1.807, 2.05) is 0 Å². The van der Waals surface area contributed by atoms with Crippen molar-refractivity contribution in [3.8, 4) is 0 Å². The molecule has 1 saturated carbocycles. The molecule has 1 fully saturated rings. The third-order valence-corrected chi connectivity index (χ3v) is 2.55. The van der Waals surface area contributed by atoms with Gasteiger partial charge in [-0.2, -0.15) is 13.2 Å². The molecule has 0 N–H and O–H groups in total. The fourth-order valence-electron chi connectivity index (χ4n) is 1.71. The number of alkyl halides is 3. The van der Waals surface area contributed by atoms with Gasteiger partial charge in [0.1, 0.15) is 5.78 Å². The van der Waals surface area contributed by atoms with E-state index in [0.29, 0.717) is 12.8 Å². The van der Waals surface area contributed by atoms with Crippen LogP contribution >= 0.6 is 0 Å². The van der Waals surface area contributed by atoms with Crippen LogP contribution < -0.4 is 0 Å². The molecule has 1 rings (SSSR count). The summed E-state index contributed by atoms with van der Waals surface area (Å²) in [5, 5.41) is 0. The van der Waals surface area contributed by atoms with Crippen LogP contribution in [0.25, 0.3) is 0 Å². The Balaban J connectivity index is 2.77. The van der Waals surface area contributed by atoms with Gasteiger partial charge in [0.2, 0.25) is 5.78 Å². The van der Waals surface area contributed by atoms with Crippen LogP contribution in [0, 0.1) is 11.8 Å². The van der Waals surface area contributed by atoms with Gasteiger partial charge >= 0.3 is 6.18 Å². The number of Topliss-reactive ketones (excluding diaryl/α,β-unsaturated/α-hetero) is 2. The third kappa shape index (κ3) is 2.13.